The molecule has 174 valence electrons. The highest BCUT2D eigenvalue weighted by Gasteiger charge is 2.26. The SMILES string of the molecule is O=C(CNCC(c1cccs1)N1CCOCC1)c1ccc(S(=O)(=O)N2CCCCC2)cc1. The number of sulfonamides is 1. The molecule has 1 unspecified atom stereocenters. The molecule has 0 aliphatic carbocycles. The Balaban J connectivity index is 1.34. The summed E-state index contributed by atoms with van der Waals surface area (Å²) in [6.07, 6.45) is 2.88. The number of thiophene rings is 1. The second-order valence-electron chi connectivity index (χ2n) is 8.22. The van der Waals surface area contributed by atoms with Gasteiger partial charge in [0.05, 0.1) is 30.7 Å². The van der Waals surface area contributed by atoms with E-state index in [9.17, 15) is 13.2 Å². The fourth-order valence-corrected chi connectivity index (χ4v) is 6.65. The van der Waals surface area contributed by atoms with E-state index in [4.69, 9.17) is 4.74 Å². The second-order valence-corrected chi connectivity index (χ2v) is 11.1. The summed E-state index contributed by atoms with van der Waals surface area (Å²) in [7, 11) is -3.48. The summed E-state index contributed by atoms with van der Waals surface area (Å²) >= 11 is 1.73. The minimum absolute atomic E-state index is 0.0428. The summed E-state index contributed by atoms with van der Waals surface area (Å²) in [6, 6.07) is 10.8. The van der Waals surface area contributed by atoms with Gasteiger partial charge in [-0.25, -0.2) is 8.42 Å². The molecule has 2 aromatic rings. The van der Waals surface area contributed by atoms with Crippen molar-refractivity contribution >= 4 is 27.1 Å². The number of morpholine rings is 1. The number of rotatable bonds is 9. The van der Waals surface area contributed by atoms with Crippen molar-refractivity contribution in [3.05, 3.63) is 52.2 Å². The van der Waals surface area contributed by atoms with Gasteiger partial charge >= 0.3 is 0 Å². The van der Waals surface area contributed by atoms with E-state index in [0.717, 1.165) is 45.6 Å². The van der Waals surface area contributed by atoms with E-state index in [2.05, 4.69) is 27.7 Å². The standard InChI is InChI=1S/C23H31N3O4S2/c27-22(18-24-17-21(23-5-4-16-31-23)25-12-14-30-15-13-25)19-6-8-20(9-7-19)32(28,29)26-10-2-1-3-11-26/h4-9,16,21,24H,1-3,10-15,17-18H2. The molecule has 3 heterocycles. The van der Waals surface area contributed by atoms with Crippen molar-refractivity contribution in [1.82, 2.24) is 14.5 Å². The molecule has 9 heteroatoms. The van der Waals surface area contributed by atoms with Crippen LogP contribution in [0.15, 0.2) is 46.7 Å². The quantitative estimate of drug-likeness (QED) is 0.560. The van der Waals surface area contributed by atoms with Gasteiger partial charge < -0.3 is 10.1 Å². The Morgan fingerprint density at radius 2 is 1.75 bits per heavy atom. The zero-order valence-corrected chi connectivity index (χ0v) is 19.9. The lowest BCUT2D eigenvalue weighted by molar-refractivity contribution is 0.0169. The Bertz CT molecular complexity index is 965. The molecule has 4 rings (SSSR count). The number of hydrogen-bond acceptors (Lipinski definition) is 7. The molecule has 2 fully saturated rings. The normalized spacial score (nSPS) is 19.6. The van der Waals surface area contributed by atoms with E-state index in [-0.39, 0.29) is 23.3 Å². The number of benzene rings is 1. The van der Waals surface area contributed by atoms with Crippen molar-refractivity contribution in [2.24, 2.45) is 0 Å². The number of carbonyl (C=O) groups is 1. The first-order valence-electron chi connectivity index (χ1n) is 11.2. The summed E-state index contributed by atoms with van der Waals surface area (Å²) < 4.78 is 32.6. The van der Waals surface area contributed by atoms with Crippen LogP contribution in [0.4, 0.5) is 0 Å². The predicted octanol–water partition coefficient (Wildman–Crippen LogP) is 2.77. The van der Waals surface area contributed by atoms with Crippen LogP contribution >= 0.6 is 11.3 Å². The molecular weight excluding hydrogens is 446 g/mol. The van der Waals surface area contributed by atoms with Crippen LogP contribution in [-0.2, 0) is 14.8 Å². The molecule has 0 saturated carbocycles. The van der Waals surface area contributed by atoms with E-state index in [1.165, 1.54) is 4.88 Å². The summed E-state index contributed by atoms with van der Waals surface area (Å²) in [5.74, 6) is -0.0428. The molecule has 2 saturated heterocycles. The van der Waals surface area contributed by atoms with Crippen LogP contribution in [0, 0.1) is 0 Å². The molecular formula is C23H31N3O4S2. The third-order valence-electron chi connectivity index (χ3n) is 6.11. The zero-order valence-electron chi connectivity index (χ0n) is 18.2. The first-order chi connectivity index (χ1) is 15.6. The van der Waals surface area contributed by atoms with Crippen LogP contribution in [0.3, 0.4) is 0 Å². The van der Waals surface area contributed by atoms with Crippen molar-refractivity contribution < 1.29 is 17.9 Å². The molecule has 1 aromatic heterocycles. The predicted molar refractivity (Wildman–Crippen MR) is 126 cm³/mol. The van der Waals surface area contributed by atoms with Crippen LogP contribution in [0.5, 0.6) is 0 Å². The van der Waals surface area contributed by atoms with Crippen molar-refractivity contribution in [3.8, 4) is 0 Å². The molecule has 2 aliphatic rings. The zero-order chi connectivity index (χ0) is 22.4. The van der Waals surface area contributed by atoms with Crippen molar-refractivity contribution in [2.45, 2.75) is 30.2 Å². The van der Waals surface area contributed by atoms with E-state index >= 15 is 0 Å². The smallest absolute Gasteiger partial charge is 0.243 e. The van der Waals surface area contributed by atoms with Crippen LogP contribution in [0.1, 0.15) is 40.5 Å². The van der Waals surface area contributed by atoms with Crippen molar-refractivity contribution in [1.29, 1.82) is 0 Å². The monoisotopic (exact) mass is 477 g/mol. The molecule has 0 spiro atoms. The maximum absolute atomic E-state index is 12.8. The Kier molecular flexibility index (Phi) is 8.09. The van der Waals surface area contributed by atoms with Crippen LogP contribution in [0.2, 0.25) is 0 Å². The Labute approximate surface area is 194 Å². The van der Waals surface area contributed by atoms with Gasteiger partial charge in [0.2, 0.25) is 10.0 Å². The first kappa shape index (κ1) is 23.5. The van der Waals surface area contributed by atoms with Gasteiger partial charge in [0.25, 0.3) is 0 Å². The van der Waals surface area contributed by atoms with Crippen LogP contribution in [0.25, 0.3) is 0 Å². The van der Waals surface area contributed by atoms with Gasteiger partial charge in [0.1, 0.15) is 0 Å². The molecule has 1 aromatic carbocycles. The maximum Gasteiger partial charge on any atom is 0.243 e. The molecule has 0 amide bonds. The number of Topliss-reactive ketones (excluding diaryl/α,β-unsaturated/α-hetero) is 1. The molecule has 0 radical (unpaired) electrons. The maximum atomic E-state index is 12.8. The summed E-state index contributed by atoms with van der Waals surface area (Å²) in [6.45, 7) is 5.25. The second kappa shape index (κ2) is 11.0. The number of ether oxygens (including phenoxy) is 1. The van der Waals surface area contributed by atoms with E-state index in [1.54, 1.807) is 39.9 Å². The summed E-state index contributed by atoms with van der Waals surface area (Å²) in [4.78, 5) is 16.6. The fourth-order valence-electron chi connectivity index (χ4n) is 4.27. The number of carbonyl (C=O) groups excluding carboxylic acids is 1. The van der Waals surface area contributed by atoms with Crippen LogP contribution < -0.4 is 5.32 Å². The van der Waals surface area contributed by atoms with E-state index in [1.807, 2.05) is 0 Å². The Hall–Kier alpha value is -1.62. The Morgan fingerprint density at radius 1 is 1.03 bits per heavy atom. The minimum Gasteiger partial charge on any atom is -0.379 e. The highest BCUT2D eigenvalue weighted by atomic mass is 32.2. The van der Waals surface area contributed by atoms with Gasteiger partial charge in [0.15, 0.2) is 5.78 Å². The van der Waals surface area contributed by atoms with Gasteiger partial charge in [-0.3, -0.25) is 9.69 Å². The van der Waals surface area contributed by atoms with Gasteiger partial charge in [0, 0.05) is 43.2 Å². The van der Waals surface area contributed by atoms with Gasteiger partial charge in [-0.1, -0.05) is 24.6 Å². The van der Waals surface area contributed by atoms with E-state index in [0.29, 0.717) is 25.2 Å². The third kappa shape index (κ3) is 5.65. The lowest BCUT2D eigenvalue weighted by Gasteiger charge is -2.34. The number of piperidine rings is 1. The fraction of sp³-hybridized carbons (Fsp3) is 0.522. The van der Waals surface area contributed by atoms with Crippen LogP contribution in [-0.4, -0.2) is 75.9 Å². The number of ketones is 1. The minimum atomic E-state index is -3.48. The molecule has 32 heavy (non-hydrogen) atoms. The molecule has 0 bridgehead atoms. The van der Waals surface area contributed by atoms with Crippen molar-refractivity contribution in [3.63, 3.8) is 0 Å². The molecule has 7 nitrogen and oxygen atoms in total. The van der Waals surface area contributed by atoms with E-state index < -0.39 is 10.0 Å². The highest BCUT2D eigenvalue weighted by Crippen LogP contribution is 2.25. The third-order valence-corrected chi connectivity index (χ3v) is 9.00. The lowest BCUT2D eigenvalue weighted by atomic mass is 10.1. The average Bonchev–Trinajstić information content (AvgIpc) is 3.37. The Morgan fingerprint density at radius 3 is 2.41 bits per heavy atom. The molecule has 2 aliphatic heterocycles. The summed E-state index contributed by atoms with van der Waals surface area (Å²) in [5, 5.41) is 5.39. The first-order valence-corrected chi connectivity index (χ1v) is 13.6. The number of nitrogens with one attached hydrogen (secondary N) is 1. The summed E-state index contributed by atoms with van der Waals surface area (Å²) in [5.41, 5.74) is 0.522. The average molecular weight is 478 g/mol. The lowest BCUT2D eigenvalue weighted by Crippen LogP contribution is -2.43. The molecule has 1 atom stereocenters. The van der Waals surface area contributed by atoms with Crippen molar-refractivity contribution in [2.75, 3.05) is 52.5 Å². The number of nitrogens with zero attached hydrogens (tertiary/aromatic N) is 2. The largest absolute Gasteiger partial charge is 0.379 e. The molecule has 1 N–H and O–H groups in total. The topological polar surface area (TPSA) is 79.0 Å². The number of hydrogen-bond donors (Lipinski definition) is 1. The van der Waals surface area contributed by atoms with Gasteiger partial charge in [-0.05, 0) is 36.4 Å². The van der Waals surface area contributed by atoms with Gasteiger partial charge in [-0.15, -0.1) is 11.3 Å². The van der Waals surface area contributed by atoms with Gasteiger partial charge in [-0.2, -0.15) is 4.31 Å². The highest BCUT2D eigenvalue weighted by molar-refractivity contribution is 7.89.